The molecule has 0 bridgehead atoms. The molecule has 1 heterocycles. The zero-order valence-corrected chi connectivity index (χ0v) is 12.6. The van der Waals surface area contributed by atoms with Gasteiger partial charge in [-0.15, -0.1) is 0 Å². The highest BCUT2D eigenvalue weighted by Gasteiger charge is 2.32. The Kier molecular flexibility index (Phi) is 5.56. The van der Waals surface area contributed by atoms with Crippen LogP contribution in [0.2, 0.25) is 0 Å². The summed E-state index contributed by atoms with van der Waals surface area (Å²) in [5.74, 6) is 0. The molecule has 0 spiro atoms. The summed E-state index contributed by atoms with van der Waals surface area (Å²) in [4.78, 5) is 6.55. The maximum Gasteiger partial charge on any atom is 0.260 e. The van der Waals surface area contributed by atoms with Gasteiger partial charge < -0.3 is 10.7 Å². The Labute approximate surface area is 120 Å². The minimum atomic E-state index is -3.49. The normalized spacial score (nSPS) is 18.3. The molecular formula is C13H24N4O2S. The first-order chi connectivity index (χ1) is 9.66. The molecule has 6 nitrogen and oxygen atoms in total. The van der Waals surface area contributed by atoms with Crippen LogP contribution in [-0.4, -0.2) is 41.8 Å². The molecule has 0 unspecified atom stereocenters. The van der Waals surface area contributed by atoms with E-state index in [-0.39, 0.29) is 11.1 Å². The Morgan fingerprint density at radius 2 is 2.00 bits per heavy atom. The van der Waals surface area contributed by atoms with Gasteiger partial charge in [-0.1, -0.05) is 25.7 Å². The molecule has 1 saturated carbocycles. The van der Waals surface area contributed by atoms with E-state index < -0.39 is 10.0 Å². The second-order valence-corrected chi connectivity index (χ2v) is 7.18. The van der Waals surface area contributed by atoms with Gasteiger partial charge in [0.25, 0.3) is 10.0 Å². The summed E-state index contributed by atoms with van der Waals surface area (Å²) in [5.41, 5.74) is 5.56. The number of hydrogen-bond donors (Lipinski definition) is 2. The van der Waals surface area contributed by atoms with Crippen molar-refractivity contribution in [1.82, 2.24) is 14.3 Å². The maximum atomic E-state index is 12.7. The number of aromatic amines is 1. The standard InChI is InChI=1S/C13H24N4O2S/c14-8-5-9-17(12-6-3-1-2-4-7-12)20(18,19)13-10-15-11-16-13/h10-12H,1-9,14H2,(H,15,16). The summed E-state index contributed by atoms with van der Waals surface area (Å²) < 4.78 is 27.1. The van der Waals surface area contributed by atoms with Crippen LogP contribution >= 0.6 is 0 Å². The lowest BCUT2D eigenvalue weighted by Crippen LogP contribution is -2.41. The maximum absolute atomic E-state index is 12.7. The number of aromatic nitrogens is 2. The average molecular weight is 300 g/mol. The van der Waals surface area contributed by atoms with Crippen molar-refractivity contribution in [3.63, 3.8) is 0 Å². The van der Waals surface area contributed by atoms with Crippen LogP contribution in [-0.2, 0) is 10.0 Å². The van der Waals surface area contributed by atoms with Crippen molar-refractivity contribution in [1.29, 1.82) is 0 Å². The van der Waals surface area contributed by atoms with Crippen LogP contribution < -0.4 is 5.73 Å². The van der Waals surface area contributed by atoms with Crippen molar-refractivity contribution in [2.24, 2.45) is 5.73 Å². The van der Waals surface area contributed by atoms with Crippen molar-refractivity contribution in [2.45, 2.75) is 56.0 Å². The molecule has 20 heavy (non-hydrogen) atoms. The highest BCUT2D eigenvalue weighted by molar-refractivity contribution is 7.89. The van der Waals surface area contributed by atoms with E-state index in [0.717, 1.165) is 25.7 Å². The van der Waals surface area contributed by atoms with Gasteiger partial charge in [0.2, 0.25) is 0 Å². The molecule has 1 aliphatic rings. The molecule has 0 aromatic carbocycles. The fourth-order valence-electron chi connectivity index (χ4n) is 2.80. The topological polar surface area (TPSA) is 92.1 Å². The lowest BCUT2D eigenvalue weighted by Gasteiger charge is -2.29. The van der Waals surface area contributed by atoms with Gasteiger partial charge in [-0.25, -0.2) is 13.4 Å². The predicted octanol–water partition coefficient (Wildman–Crippen LogP) is 1.47. The van der Waals surface area contributed by atoms with E-state index in [4.69, 9.17) is 5.73 Å². The van der Waals surface area contributed by atoms with E-state index >= 15 is 0 Å². The summed E-state index contributed by atoms with van der Waals surface area (Å²) in [6, 6.07) is 0.0948. The molecule has 0 aliphatic heterocycles. The summed E-state index contributed by atoms with van der Waals surface area (Å²) >= 11 is 0. The van der Waals surface area contributed by atoms with Crippen LogP contribution in [0.4, 0.5) is 0 Å². The quantitative estimate of drug-likeness (QED) is 0.778. The molecule has 1 aromatic heterocycles. The monoisotopic (exact) mass is 300 g/mol. The van der Waals surface area contributed by atoms with Gasteiger partial charge in [-0.3, -0.25) is 0 Å². The highest BCUT2D eigenvalue weighted by Crippen LogP contribution is 2.26. The Hall–Kier alpha value is -0.920. The molecule has 0 saturated heterocycles. The number of rotatable bonds is 6. The van der Waals surface area contributed by atoms with Crippen molar-refractivity contribution in [2.75, 3.05) is 13.1 Å². The van der Waals surface area contributed by atoms with E-state index in [2.05, 4.69) is 9.97 Å². The van der Waals surface area contributed by atoms with Crippen LogP contribution in [0.15, 0.2) is 17.6 Å². The first-order valence-corrected chi connectivity index (χ1v) is 8.80. The fraction of sp³-hybridized carbons (Fsp3) is 0.769. The van der Waals surface area contributed by atoms with E-state index in [1.54, 1.807) is 4.31 Å². The number of sulfonamides is 1. The summed E-state index contributed by atoms with van der Waals surface area (Å²) in [5, 5.41) is 0.179. The van der Waals surface area contributed by atoms with Gasteiger partial charge in [0.05, 0.1) is 12.5 Å². The van der Waals surface area contributed by atoms with Gasteiger partial charge in [0.15, 0.2) is 5.03 Å². The van der Waals surface area contributed by atoms with Crippen LogP contribution in [0.25, 0.3) is 0 Å². The summed E-state index contributed by atoms with van der Waals surface area (Å²) in [6.45, 7) is 0.990. The van der Waals surface area contributed by atoms with Gasteiger partial charge in [0.1, 0.15) is 0 Å². The molecule has 1 fully saturated rings. The minimum absolute atomic E-state index is 0.0948. The van der Waals surface area contributed by atoms with E-state index in [1.807, 2.05) is 0 Å². The third-order valence-electron chi connectivity index (χ3n) is 3.87. The van der Waals surface area contributed by atoms with Crippen molar-refractivity contribution >= 4 is 10.0 Å². The zero-order chi connectivity index (χ0) is 14.4. The molecule has 1 aromatic rings. The molecule has 3 N–H and O–H groups in total. The van der Waals surface area contributed by atoms with Crippen molar-refractivity contribution in [3.8, 4) is 0 Å². The average Bonchev–Trinajstić information content (AvgIpc) is 2.85. The predicted molar refractivity (Wildman–Crippen MR) is 77.6 cm³/mol. The Bertz CT molecular complexity index is 478. The molecule has 7 heteroatoms. The molecule has 114 valence electrons. The molecule has 2 rings (SSSR count). The van der Waals surface area contributed by atoms with Gasteiger partial charge in [0, 0.05) is 12.6 Å². The van der Waals surface area contributed by atoms with Crippen LogP contribution in [0.5, 0.6) is 0 Å². The fourth-order valence-corrected chi connectivity index (χ4v) is 4.42. The van der Waals surface area contributed by atoms with Gasteiger partial charge in [-0.2, -0.15) is 4.31 Å². The van der Waals surface area contributed by atoms with Crippen molar-refractivity contribution in [3.05, 3.63) is 12.5 Å². The minimum Gasteiger partial charge on any atom is -0.335 e. The Morgan fingerprint density at radius 3 is 2.55 bits per heavy atom. The summed E-state index contributed by atoms with van der Waals surface area (Å²) in [7, 11) is -3.49. The van der Waals surface area contributed by atoms with Crippen molar-refractivity contribution < 1.29 is 8.42 Å². The molecule has 0 atom stereocenters. The number of nitrogens with two attached hydrogens (primary N) is 1. The second kappa shape index (κ2) is 7.19. The van der Waals surface area contributed by atoms with E-state index in [9.17, 15) is 8.42 Å². The number of hydrogen-bond acceptors (Lipinski definition) is 4. The lowest BCUT2D eigenvalue weighted by molar-refractivity contribution is 0.290. The Balaban J connectivity index is 2.21. The molecular weight excluding hydrogens is 276 g/mol. The number of nitrogens with one attached hydrogen (secondary N) is 1. The van der Waals surface area contributed by atoms with Gasteiger partial charge in [-0.05, 0) is 25.8 Å². The summed E-state index contributed by atoms with van der Waals surface area (Å²) in [6.07, 6.45) is 9.95. The number of H-pyrrole nitrogens is 1. The largest absolute Gasteiger partial charge is 0.335 e. The first kappa shape index (κ1) is 15.5. The zero-order valence-electron chi connectivity index (χ0n) is 11.8. The van der Waals surface area contributed by atoms with Crippen LogP contribution in [0.3, 0.4) is 0 Å². The van der Waals surface area contributed by atoms with Gasteiger partial charge >= 0.3 is 0 Å². The number of nitrogens with zero attached hydrogens (tertiary/aromatic N) is 2. The lowest BCUT2D eigenvalue weighted by atomic mass is 10.1. The Morgan fingerprint density at radius 1 is 1.30 bits per heavy atom. The number of imidazole rings is 1. The molecule has 1 aliphatic carbocycles. The second-order valence-electron chi connectivity index (χ2n) is 5.32. The first-order valence-electron chi connectivity index (χ1n) is 7.36. The van der Waals surface area contributed by atoms with E-state index in [1.165, 1.54) is 25.4 Å². The van der Waals surface area contributed by atoms with E-state index in [0.29, 0.717) is 19.5 Å². The SMILES string of the molecule is NCCCN(C1CCCCCC1)S(=O)(=O)c1cnc[nH]1. The van der Waals surface area contributed by atoms with Crippen LogP contribution in [0.1, 0.15) is 44.9 Å². The third-order valence-corrected chi connectivity index (χ3v) is 5.75. The third kappa shape index (κ3) is 3.59. The smallest absolute Gasteiger partial charge is 0.260 e. The molecule has 0 amide bonds. The highest BCUT2D eigenvalue weighted by atomic mass is 32.2. The van der Waals surface area contributed by atoms with Crippen LogP contribution in [0, 0.1) is 0 Å². The molecule has 0 radical (unpaired) electrons.